The zero-order valence-electron chi connectivity index (χ0n) is 13.2. The normalized spacial score (nSPS) is 15.3. The van der Waals surface area contributed by atoms with Gasteiger partial charge >= 0.3 is 5.97 Å². The van der Waals surface area contributed by atoms with Gasteiger partial charge in [-0.25, -0.2) is 4.79 Å². The number of aromatic nitrogens is 3. The van der Waals surface area contributed by atoms with E-state index in [1.54, 1.807) is 6.92 Å². The van der Waals surface area contributed by atoms with E-state index in [0.717, 1.165) is 28.9 Å². The second kappa shape index (κ2) is 5.12. The molecular weight excluding hydrogens is 282 g/mol. The maximum atomic E-state index is 12.0. The maximum absolute atomic E-state index is 12.0. The highest BCUT2D eigenvalue weighted by Gasteiger charge is 2.32. The average Bonchev–Trinajstić information content (AvgIpc) is 3.02. The van der Waals surface area contributed by atoms with Gasteiger partial charge in [0.05, 0.1) is 6.61 Å². The van der Waals surface area contributed by atoms with Crippen molar-refractivity contribution in [3.8, 4) is 17.0 Å². The molecule has 0 saturated carbocycles. The fourth-order valence-corrected chi connectivity index (χ4v) is 2.81. The van der Waals surface area contributed by atoms with E-state index in [2.05, 4.69) is 29.3 Å². The molecule has 22 heavy (non-hydrogen) atoms. The van der Waals surface area contributed by atoms with Gasteiger partial charge in [-0.05, 0) is 51.0 Å². The Balaban J connectivity index is 2.04. The lowest BCUT2D eigenvalue weighted by molar-refractivity contribution is 0.0520. The molecule has 2 heterocycles. The standard InChI is InChI=1S/C16H19N3O3/c1-5-21-15(20)13-12(17-19-18-13)10-6-9(2)14-11(7-10)8-16(3,4)22-14/h6-7H,5,8H2,1-4H3,(H,17,18,19). The van der Waals surface area contributed by atoms with E-state index in [1.807, 2.05) is 19.1 Å². The first-order valence-corrected chi connectivity index (χ1v) is 7.32. The van der Waals surface area contributed by atoms with E-state index in [1.165, 1.54) is 0 Å². The van der Waals surface area contributed by atoms with Crippen molar-refractivity contribution in [2.24, 2.45) is 0 Å². The summed E-state index contributed by atoms with van der Waals surface area (Å²) in [6, 6.07) is 3.97. The van der Waals surface area contributed by atoms with Gasteiger partial charge in [-0.1, -0.05) is 0 Å². The highest BCUT2D eigenvalue weighted by atomic mass is 16.5. The smallest absolute Gasteiger partial charge is 0.361 e. The number of hydrogen-bond donors (Lipinski definition) is 1. The average molecular weight is 301 g/mol. The Hall–Kier alpha value is -2.37. The Morgan fingerprint density at radius 1 is 1.41 bits per heavy atom. The number of aromatic amines is 1. The zero-order chi connectivity index (χ0) is 15.9. The number of nitrogens with zero attached hydrogens (tertiary/aromatic N) is 2. The molecule has 0 aliphatic carbocycles. The van der Waals surface area contributed by atoms with Crippen molar-refractivity contribution in [2.45, 2.75) is 39.7 Å². The van der Waals surface area contributed by atoms with Gasteiger partial charge in [-0.3, -0.25) is 0 Å². The van der Waals surface area contributed by atoms with E-state index in [-0.39, 0.29) is 11.3 Å². The third kappa shape index (κ3) is 2.45. The van der Waals surface area contributed by atoms with Crippen LogP contribution in [0.4, 0.5) is 0 Å². The molecule has 6 nitrogen and oxygen atoms in total. The summed E-state index contributed by atoms with van der Waals surface area (Å²) < 4.78 is 11.0. The van der Waals surface area contributed by atoms with Crippen LogP contribution in [0.3, 0.4) is 0 Å². The highest BCUT2D eigenvalue weighted by molar-refractivity contribution is 5.94. The Labute approximate surface area is 128 Å². The molecule has 3 rings (SSSR count). The number of carbonyl (C=O) groups is 1. The van der Waals surface area contributed by atoms with Crippen molar-refractivity contribution in [1.29, 1.82) is 0 Å². The summed E-state index contributed by atoms with van der Waals surface area (Å²) in [7, 11) is 0. The first-order chi connectivity index (χ1) is 10.4. The van der Waals surface area contributed by atoms with Gasteiger partial charge < -0.3 is 9.47 Å². The number of rotatable bonds is 3. The summed E-state index contributed by atoms with van der Waals surface area (Å²) in [5.74, 6) is 0.455. The summed E-state index contributed by atoms with van der Waals surface area (Å²) in [6.45, 7) is 8.18. The third-order valence-electron chi connectivity index (χ3n) is 3.64. The minimum absolute atomic E-state index is 0.208. The highest BCUT2D eigenvalue weighted by Crippen LogP contribution is 2.40. The molecule has 2 aromatic rings. The van der Waals surface area contributed by atoms with Crippen LogP contribution >= 0.6 is 0 Å². The molecule has 0 fully saturated rings. The van der Waals surface area contributed by atoms with E-state index >= 15 is 0 Å². The summed E-state index contributed by atoms with van der Waals surface area (Å²) in [4.78, 5) is 12.0. The lowest BCUT2D eigenvalue weighted by atomic mass is 9.97. The fourth-order valence-electron chi connectivity index (χ4n) is 2.81. The molecule has 1 aromatic heterocycles. The quantitative estimate of drug-likeness (QED) is 0.882. The second-order valence-corrected chi connectivity index (χ2v) is 6.06. The van der Waals surface area contributed by atoms with Gasteiger partial charge in [-0.2, -0.15) is 10.3 Å². The number of esters is 1. The minimum atomic E-state index is -0.471. The molecule has 0 bridgehead atoms. The van der Waals surface area contributed by atoms with Gasteiger partial charge in [-0.15, -0.1) is 5.10 Å². The molecule has 0 atom stereocenters. The van der Waals surface area contributed by atoms with Crippen molar-refractivity contribution in [3.05, 3.63) is 29.0 Å². The predicted molar refractivity (Wildman–Crippen MR) is 80.9 cm³/mol. The topological polar surface area (TPSA) is 77.1 Å². The fraction of sp³-hybridized carbons (Fsp3) is 0.438. The zero-order valence-corrected chi connectivity index (χ0v) is 13.2. The first-order valence-electron chi connectivity index (χ1n) is 7.32. The van der Waals surface area contributed by atoms with Crippen LogP contribution in [0, 0.1) is 6.92 Å². The van der Waals surface area contributed by atoms with E-state index in [0.29, 0.717) is 12.3 Å². The monoisotopic (exact) mass is 301 g/mol. The number of ether oxygens (including phenoxy) is 2. The van der Waals surface area contributed by atoms with Crippen LogP contribution in [0.15, 0.2) is 12.1 Å². The number of nitrogens with one attached hydrogen (secondary N) is 1. The van der Waals surface area contributed by atoms with Crippen molar-refractivity contribution < 1.29 is 14.3 Å². The minimum Gasteiger partial charge on any atom is -0.487 e. The number of hydrogen-bond acceptors (Lipinski definition) is 5. The number of H-pyrrole nitrogens is 1. The van der Waals surface area contributed by atoms with Crippen molar-refractivity contribution >= 4 is 5.97 Å². The first kappa shape index (κ1) is 14.6. The molecule has 1 N–H and O–H groups in total. The number of aryl methyl sites for hydroxylation is 1. The molecule has 0 radical (unpaired) electrons. The predicted octanol–water partition coefficient (Wildman–Crippen LogP) is 2.67. The Morgan fingerprint density at radius 3 is 2.91 bits per heavy atom. The van der Waals surface area contributed by atoms with Gasteiger partial charge in [0.2, 0.25) is 0 Å². The van der Waals surface area contributed by atoms with Crippen LogP contribution in [0.2, 0.25) is 0 Å². The van der Waals surface area contributed by atoms with E-state index in [9.17, 15) is 4.79 Å². The molecule has 1 aliphatic rings. The van der Waals surface area contributed by atoms with Crippen LogP contribution < -0.4 is 4.74 Å². The third-order valence-corrected chi connectivity index (χ3v) is 3.64. The Bertz CT molecular complexity index is 734. The molecule has 1 aliphatic heterocycles. The number of fused-ring (bicyclic) bond motifs is 1. The molecule has 6 heteroatoms. The van der Waals surface area contributed by atoms with Gasteiger partial charge in [0, 0.05) is 12.0 Å². The molecule has 0 unspecified atom stereocenters. The molecule has 0 spiro atoms. The van der Waals surface area contributed by atoms with Crippen molar-refractivity contribution in [3.63, 3.8) is 0 Å². The number of benzene rings is 1. The molecule has 0 amide bonds. The molecule has 0 saturated heterocycles. The van der Waals surface area contributed by atoms with Crippen LogP contribution in [0.5, 0.6) is 5.75 Å². The second-order valence-electron chi connectivity index (χ2n) is 6.06. The molecular formula is C16H19N3O3. The summed E-state index contributed by atoms with van der Waals surface area (Å²) >= 11 is 0. The van der Waals surface area contributed by atoms with Gasteiger partial charge in [0.1, 0.15) is 17.0 Å². The Morgan fingerprint density at radius 2 is 2.18 bits per heavy atom. The molecule has 1 aromatic carbocycles. The largest absolute Gasteiger partial charge is 0.487 e. The lowest BCUT2D eigenvalue weighted by Gasteiger charge is -2.17. The van der Waals surface area contributed by atoms with Crippen LogP contribution in [0.25, 0.3) is 11.3 Å². The number of carbonyl (C=O) groups excluding carboxylic acids is 1. The van der Waals surface area contributed by atoms with Crippen LogP contribution in [0.1, 0.15) is 42.4 Å². The lowest BCUT2D eigenvalue weighted by Crippen LogP contribution is -2.24. The van der Waals surface area contributed by atoms with Crippen LogP contribution in [-0.2, 0) is 11.2 Å². The van der Waals surface area contributed by atoms with E-state index in [4.69, 9.17) is 9.47 Å². The summed E-state index contributed by atoms with van der Waals surface area (Å²) in [5, 5.41) is 10.5. The summed E-state index contributed by atoms with van der Waals surface area (Å²) in [5.41, 5.74) is 3.50. The SMILES string of the molecule is CCOC(=O)c1n[nH]nc1-c1cc(C)c2c(c1)CC(C)(C)O2. The van der Waals surface area contributed by atoms with Crippen LogP contribution in [-0.4, -0.2) is 33.6 Å². The van der Waals surface area contributed by atoms with Gasteiger partial charge in [0.25, 0.3) is 0 Å². The maximum Gasteiger partial charge on any atom is 0.361 e. The van der Waals surface area contributed by atoms with E-state index < -0.39 is 5.97 Å². The summed E-state index contributed by atoms with van der Waals surface area (Å²) in [6.07, 6.45) is 0.823. The Kier molecular flexibility index (Phi) is 3.39. The van der Waals surface area contributed by atoms with Gasteiger partial charge in [0.15, 0.2) is 5.69 Å². The van der Waals surface area contributed by atoms with Crippen molar-refractivity contribution in [2.75, 3.05) is 6.61 Å². The van der Waals surface area contributed by atoms with Crippen molar-refractivity contribution in [1.82, 2.24) is 15.4 Å². The molecule has 116 valence electrons.